The standard InChI is InChI=1S/C23H32NO2Si/c1-5-18(9-10-19-11-12-21-22(14-19)26-17-25-21)15-27(23(2,3)4)16-20-8-6-7-13-24-20/h6-8,11-14,18H,5,9-10,15-17H2,1-4H3. The lowest BCUT2D eigenvalue weighted by atomic mass is 9.98. The molecule has 1 unspecified atom stereocenters. The SMILES string of the molecule is CCC(CCc1ccc2c(c1)OCO2)C[Si](Cc1ccccn1)C(C)(C)C. The van der Waals surface area contributed by atoms with Crippen LogP contribution >= 0.6 is 0 Å². The summed E-state index contributed by atoms with van der Waals surface area (Å²) < 4.78 is 10.9. The summed E-state index contributed by atoms with van der Waals surface area (Å²) in [6.45, 7) is 9.92. The summed E-state index contributed by atoms with van der Waals surface area (Å²) >= 11 is 0. The van der Waals surface area contributed by atoms with Crippen LogP contribution in [0, 0.1) is 5.92 Å². The number of fused-ring (bicyclic) bond motifs is 1. The Bertz CT molecular complexity index is 727. The zero-order valence-corrected chi connectivity index (χ0v) is 18.1. The average molecular weight is 383 g/mol. The molecule has 0 N–H and O–H groups in total. The van der Waals surface area contributed by atoms with Crippen molar-refractivity contribution in [1.82, 2.24) is 4.98 Å². The van der Waals surface area contributed by atoms with E-state index in [9.17, 15) is 0 Å². The summed E-state index contributed by atoms with van der Waals surface area (Å²) in [5.41, 5.74) is 2.61. The third kappa shape index (κ3) is 5.58. The minimum atomic E-state index is -0.543. The molecule has 27 heavy (non-hydrogen) atoms. The molecule has 0 saturated carbocycles. The average Bonchev–Trinajstić information content (AvgIpc) is 3.12. The number of benzene rings is 1. The lowest BCUT2D eigenvalue weighted by Gasteiger charge is -2.32. The Labute approximate surface area is 165 Å². The molecule has 145 valence electrons. The Balaban J connectivity index is 1.61. The first-order valence-corrected chi connectivity index (χ1v) is 12.0. The van der Waals surface area contributed by atoms with Gasteiger partial charge >= 0.3 is 0 Å². The molecular weight excluding hydrogens is 350 g/mol. The minimum Gasteiger partial charge on any atom is -0.454 e. The van der Waals surface area contributed by atoms with Gasteiger partial charge in [-0.25, -0.2) is 0 Å². The quantitative estimate of drug-likeness (QED) is 0.537. The van der Waals surface area contributed by atoms with Crippen molar-refractivity contribution in [3.63, 3.8) is 0 Å². The van der Waals surface area contributed by atoms with Gasteiger partial charge in [-0.05, 0) is 59.7 Å². The number of pyridine rings is 1. The number of nitrogens with zero attached hydrogens (tertiary/aromatic N) is 1. The summed E-state index contributed by atoms with van der Waals surface area (Å²) in [6.07, 6.45) is 5.52. The van der Waals surface area contributed by atoms with Crippen LogP contribution in [0.1, 0.15) is 51.8 Å². The van der Waals surface area contributed by atoms with Gasteiger partial charge in [-0.3, -0.25) is 4.98 Å². The fourth-order valence-corrected chi connectivity index (χ4v) is 6.75. The molecule has 0 amide bonds. The van der Waals surface area contributed by atoms with Gasteiger partial charge < -0.3 is 9.47 Å². The van der Waals surface area contributed by atoms with Crippen LogP contribution in [0.5, 0.6) is 11.5 Å². The van der Waals surface area contributed by atoms with Gasteiger partial charge in [0.25, 0.3) is 0 Å². The number of aromatic nitrogens is 1. The molecule has 1 aliphatic heterocycles. The molecule has 1 aromatic carbocycles. The zero-order valence-electron chi connectivity index (χ0n) is 17.1. The molecule has 1 aromatic heterocycles. The molecule has 3 rings (SSSR count). The van der Waals surface area contributed by atoms with Crippen LogP contribution in [-0.4, -0.2) is 20.6 Å². The van der Waals surface area contributed by atoms with Crippen LogP contribution in [-0.2, 0) is 12.5 Å². The van der Waals surface area contributed by atoms with Gasteiger partial charge in [0.2, 0.25) is 6.79 Å². The first-order chi connectivity index (χ1) is 13.0. The highest BCUT2D eigenvalue weighted by Gasteiger charge is 2.29. The van der Waals surface area contributed by atoms with Crippen LogP contribution in [0.15, 0.2) is 42.6 Å². The fraction of sp³-hybridized carbons (Fsp3) is 0.522. The van der Waals surface area contributed by atoms with E-state index in [1.807, 2.05) is 18.3 Å². The maximum atomic E-state index is 5.52. The van der Waals surface area contributed by atoms with Gasteiger partial charge in [0.15, 0.2) is 11.5 Å². The fourth-order valence-electron chi connectivity index (χ4n) is 3.63. The molecular formula is C23H32NO2Si. The number of ether oxygens (including phenoxy) is 2. The molecule has 2 aromatic rings. The largest absolute Gasteiger partial charge is 0.454 e. The van der Waals surface area contributed by atoms with E-state index in [2.05, 4.69) is 56.9 Å². The Morgan fingerprint density at radius 2 is 1.93 bits per heavy atom. The zero-order chi connectivity index (χ0) is 19.3. The highest BCUT2D eigenvalue weighted by molar-refractivity contribution is 6.61. The molecule has 0 bridgehead atoms. The molecule has 2 heterocycles. The smallest absolute Gasteiger partial charge is 0.231 e. The van der Waals surface area contributed by atoms with E-state index in [1.165, 1.54) is 30.1 Å². The van der Waals surface area contributed by atoms with E-state index < -0.39 is 8.80 Å². The molecule has 4 heteroatoms. The predicted octanol–water partition coefficient (Wildman–Crippen LogP) is 5.85. The van der Waals surface area contributed by atoms with E-state index in [0.29, 0.717) is 11.8 Å². The highest BCUT2D eigenvalue weighted by Crippen LogP contribution is 2.36. The normalized spacial score (nSPS) is 14.6. The Morgan fingerprint density at radius 1 is 1.11 bits per heavy atom. The predicted molar refractivity (Wildman–Crippen MR) is 113 cm³/mol. The molecule has 0 aliphatic carbocycles. The van der Waals surface area contributed by atoms with E-state index in [1.54, 1.807) is 0 Å². The number of hydrogen-bond acceptors (Lipinski definition) is 3. The highest BCUT2D eigenvalue weighted by atomic mass is 28.3. The molecule has 1 atom stereocenters. The Hall–Kier alpha value is -1.81. The van der Waals surface area contributed by atoms with E-state index >= 15 is 0 Å². The van der Waals surface area contributed by atoms with Crippen molar-refractivity contribution >= 4 is 8.80 Å². The topological polar surface area (TPSA) is 31.4 Å². The van der Waals surface area contributed by atoms with Gasteiger partial charge in [0, 0.05) is 11.9 Å². The van der Waals surface area contributed by atoms with Gasteiger partial charge in [0.1, 0.15) is 0 Å². The van der Waals surface area contributed by atoms with Crippen molar-refractivity contribution in [2.24, 2.45) is 5.92 Å². The van der Waals surface area contributed by atoms with Crippen molar-refractivity contribution in [3.8, 4) is 11.5 Å². The second kappa shape index (κ2) is 8.92. The van der Waals surface area contributed by atoms with Crippen LogP contribution in [0.2, 0.25) is 11.1 Å². The van der Waals surface area contributed by atoms with Gasteiger partial charge in [-0.1, -0.05) is 52.3 Å². The third-order valence-corrected chi connectivity index (χ3v) is 9.55. The number of rotatable bonds is 8. The Morgan fingerprint density at radius 3 is 2.63 bits per heavy atom. The van der Waals surface area contributed by atoms with Crippen molar-refractivity contribution in [2.75, 3.05) is 6.79 Å². The lowest BCUT2D eigenvalue weighted by molar-refractivity contribution is 0.174. The van der Waals surface area contributed by atoms with Gasteiger partial charge in [-0.2, -0.15) is 0 Å². The molecule has 0 spiro atoms. The van der Waals surface area contributed by atoms with Gasteiger partial charge in [-0.15, -0.1) is 0 Å². The van der Waals surface area contributed by atoms with Crippen LogP contribution < -0.4 is 9.47 Å². The summed E-state index contributed by atoms with van der Waals surface area (Å²) in [5, 5.41) is 0.383. The monoisotopic (exact) mass is 382 g/mol. The van der Waals surface area contributed by atoms with Crippen molar-refractivity contribution in [3.05, 3.63) is 53.9 Å². The molecule has 0 saturated heterocycles. The van der Waals surface area contributed by atoms with Crippen molar-refractivity contribution < 1.29 is 9.47 Å². The van der Waals surface area contributed by atoms with Crippen LogP contribution in [0.3, 0.4) is 0 Å². The minimum absolute atomic E-state index is 0.348. The van der Waals surface area contributed by atoms with Gasteiger partial charge in [0.05, 0.1) is 8.80 Å². The molecule has 1 aliphatic rings. The van der Waals surface area contributed by atoms with Crippen molar-refractivity contribution in [2.45, 2.75) is 64.1 Å². The van der Waals surface area contributed by atoms with Crippen LogP contribution in [0.25, 0.3) is 0 Å². The van der Waals surface area contributed by atoms with Crippen molar-refractivity contribution in [1.29, 1.82) is 0 Å². The lowest BCUT2D eigenvalue weighted by Crippen LogP contribution is -2.31. The molecule has 0 fully saturated rings. The summed E-state index contributed by atoms with van der Waals surface area (Å²) in [4.78, 5) is 4.59. The molecule has 3 nitrogen and oxygen atoms in total. The number of aryl methyl sites for hydroxylation is 1. The van der Waals surface area contributed by atoms with E-state index in [0.717, 1.165) is 29.9 Å². The van der Waals surface area contributed by atoms with E-state index in [4.69, 9.17) is 9.47 Å². The Kier molecular flexibility index (Phi) is 6.58. The molecule has 1 radical (unpaired) electrons. The second-order valence-electron chi connectivity index (χ2n) is 8.56. The first kappa shape index (κ1) is 19.9. The second-order valence-corrected chi connectivity index (χ2v) is 12.0. The first-order valence-electron chi connectivity index (χ1n) is 10.1. The number of hydrogen-bond donors (Lipinski definition) is 0. The summed E-state index contributed by atoms with van der Waals surface area (Å²) in [5.74, 6) is 2.54. The summed E-state index contributed by atoms with van der Waals surface area (Å²) in [6, 6.07) is 15.2. The third-order valence-electron chi connectivity index (χ3n) is 5.57. The van der Waals surface area contributed by atoms with Crippen LogP contribution in [0.4, 0.5) is 0 Å². The summed E-state index contributed by atoms with van der Waals surface area (Å²) in [7, 11) is -0.543. The van der Waals surface area contributed by atoms with E-state index in [-0.39, 0.29) is 0 Å². The maximum absolute atomic E-state index is 5.52. The maximum Gasteiger partial charge on any atom is 0.231 e.